The Labute approximate surface area is 105 Å². The SMILES string of the molecule is CC(N)C(c1ccccc1)N1CC(C)C(C)C1. The van der Waals surface area contributed by atoms with Gasteiger partial charge in [0.2, 0.25) is 0 Å². The van der Waals surface area contributed by atoms with Crippen LogP contribution in [0.1, 0.15) is 32.4 Å². The predicted molar refractivity (Wildman–Crippen MR) is 72.7 cm³/mol. The Morgan fingerprint density at radius 2 is 1.65 bits per heavy atom. The minimum Gasteiger partial charge on any atom is -0.326 e. The van der Waals surface area contributed by atoms with E-state index >= 15 is 0 Å². The Morgan fingerprint density at radius 1 is 1.12 bits per heavy atom. The minimum absolute atomic E-state index is 0.176. The van der Waals surface area contributed by atoms with E-state index in [0.717, 1.165) is 11.8 Å². The summed E-state index contributed by atoms with van der Waals surface area (Å²) in [5.74, 6) is 1.56. The van der Waals surface area contributed by atoms with Gasteiger partial charge in [0.15, 0.2) is 0 Å². The molecule has 4 atom stereocenters. The molecule has 0 saturated carbocycles. The molecule has 2 heteroatoms. The van der Waals surface area contributed by atoms with Crippen LogP contribution in [0.4, 0.5) is 0 Å². The van der Waals surface area contributed by atoms with Gasteiger partial charge in [0.25, 0.3) is 0 Å². The van der Waals surface area contributed by atoms with Crippen molar-refractivity contribution in [2.45, 2.75) is 32.9 Å². The van der Waals surface area contributed by atoms with Crippen LogP contribution in [0.5, 0.6) is 0 Å². The van der Waals surface area contributed by atoms with E-state index in [1.807, 2.05) is 0 Å². The molecule has 4 unspecified atom stereocenters. The molecule has 1 aromatic rings. The molecule has 17 heavy (non-hydrogen) atoms. The molecule has 94 valence electrons. The normalized spacial score (nSPS) is 29.2. The van der Waals surface area contributed by atoms with Crippen molar-refractivity contribution in [3.63, 3.8) is 0 Å². The molecular formula is C15H24N2. The number of nitrogens with two attached hydrogens (primary N) is 1. The van der Waals surface area contributed by atoms with Crippen LogP contribution in [0.2, 0.25) is 0 Å². The molecule has 0 spiro atoms. The third kappa shape index (κ3) is 2.70. The zero-order chi connectivity index (χ0) is 12.4. The third-order valence-electron chi connectivity index (χ3n) is 4.05. The van der Waals surface area contributed by atoms with Gasteiger partial charge in [0.05, 0.1) is 0 Å². The summed E-state index contributed by atoms with van der Waals surface area (Å²) in [4.78, 5) is 2.55. The van der Waals surface area contributed by atoms with Crippen molar-refractivity contribution < 1.29 is 0 Å². The second-order valence-electron chi connectivity index (χ2n) is 5.62. The van der Waals surface area contributed by atoms with Crippen molar-refractivity contribution in [1.82, 2.24) is 4.90 Å². The monoisotopic (exact) mass is 232 g/mol. The van der Waals surface area contributed by atoms with Gasteiger partial charge in [-0.15, -0.1) is 0 Å². The lowest BCUT2D eigenvalue weighted by atomic mass is 9.99. The Morgan fingerprint density at radius 3 is 2.12 bits per heavy atom. The minimum atomic E-state index is 0.176. The zero-order valence-electron chi connectivity index (χ0n) is 11.1. The molecule has 0 bridgehead atoms. The molecule has 1 fully saturated rings. The maximum absolute atomic E-state index is 6.20. The molecule has 1 aromatic carbocycles. The Balaban J connectivity index is 2.19. The summed E-state index contributed by atoms with van der Waals surface area (Å²) in [5, 5.41) is 0. The molecular weight excluding hydrogens is 208 g/mol. The summed E-state index contributed by atoms with van der Waals surface area (Å²) in [6.07, 6.45) is 0. The highest BCUT2D eigenvalue weighted by Gasteiger charge is 2.33. The molecule has 0 radical (unpaired) electrons. The van der Waals surface area contributed by atoms with Gasteiger partial charge >= 0.3 is 0 Å². The molecule has 0 aromatic heterocycles. The first-order valence-electron chi connectivity index (χ1n) is 6.64. The molecule has 2 N–H and O–H groups in total. The van der Waals surface area contributed by atoms with Crippen molar-refractivity contribution in [3.05, 3.63) is 35.9 Å². The third-order valence-corrected chi connectivity index (χ3v) is 4.05. The molecule has 2 rings (SSSR count). The molecule has 1 aliphatic rings. The highest BCUT2D eigenvalue weighted by molar-refractivity contribution is 5.21. The van der Waals surface area contributed by atoms with Gasteiger partial charge < -0.3 is 5.73 Å². The van der Waals surface area contributed by atoms with Gasteiger partial charge in [0.1, 0.15) is 0 Å². The van der Waals surface area contributed by atoms with E-state index in [4.69, 9.17) is 5.73 Å². The van der Waals surface area contributed by atoms with Gasteiger partial charge in [-0.3, -0.25) is 4.90 Å². The van der Waals surface area contributed by atoms with E-state index in [9.17, 15) is 0 Å². The second kappa shape index (κ2) is 5.19. The van der Waals surface area contributed by atoms with E-state index in [1.54, 1.807) is 0 Å². The Hall–Kier alpha value is -0.860. The van der Waals surface area contributed by atoms with E-state index in [0.29, 0.717) is 6.04 Å². The highest BCUT2D eigenvalue weighted by atomic mass is 15.2. The van der Waals surface area contributed by atoms with Gasteiger partial charge in [0, 0.05) is 25.2 Å². The van der Waals surface area contributed by atoms with Crippen molar-refractivity contribution in [1.29, 1.82) is 0 Å². The van der Waals surface area contributed by atoms with Crippen molar-refractivity contribution in [2.75, 3.05) is 13.1 Å². The Kier molecular flexibility index (Phi) is 3.85. The lowest BCUT2D eigenvalue weighted by Gasteiger charge is -2.31. The summed E-state index contributed by atoms with van der Waals surface area (Å²) >= 11 is 0. The van der Waals surface area contributed by atoms with E-state index < -0.39 is 0 Å². The molecule has 1 saturated heterocycles. The van der Waals surface area contributed by atoms with Crippen LogP contribution in [-0.2, 0) is 0 Å². The van der Waals surface area contributed by atoms with Gasteiger partial charge in [-0.25, -0.2) is 0 Å². The number of hydrogen-bond acceptors (Lipinski definition) is 2. The van der Waals surface area contributed by atoms with Crippen molar-refractivity contribution in [2.24, 2.45) is 17.6 Å². The lowest BCUT2D eigenvalue weighted by molar-refractivity contribution is 0.209. The molecule has 1 heterocycles. The average molecular weight is 232 g/mol. The Bertz CT molecular complexity index is 337. The number of hydrogen-bond donors (Lipinski definition) is 1. The lowest BCUT2D eigenvalue weighted by Crippen LogP contribution is -2.38. The molecule has 2 nitrogen and oxygen atoms in total. The summed E-state index contributed by atoms with van der Waals surface area (Å²) in [6, 6.07) is 11.2. The standard InChI is InChI=1S/C15H24N2/c1-11-9-17(10-12(11)2)15(13(3)16)14-7-5-4-6-8-14/h4-8,11-13,15H,9-10,16H2,1-3H3. The van der Waals surface area contributed by atoms with Crippen LogP contribution in [0.25, 0.3) is 0 Å². The van der Waals surface area contributed by atoms with Crippen LogP contribution in [0.15, 0.2) is 30.3 Å². The molecule has 1 aliphatic heterocycles. The quantitative estimate of drug-likeness (QED) is 0.868. The molecule has 0 amide bonds. The van der Waals surface area contributed by atoms with Crippen LogP contribution in [-0.4, -0.2) is 24.0 Å². The topological polar surface area (TPSA) is 29.3 Å². The largest absolute Gasteiger partial charge is 0.326 e. The van der Waals surface area contributed by atoms with Crippen LogP contribution < -0.4 is 5.73 Å². The van der Waals surface area contributed by atoms with Gasteiger partial charge in [-0.2, -0.15) is 0 Å². The fourth-order valence-electron chi connectivity index (χ4n) is 2.90. The summed E-state index contributed by atoms with van der Waals surface area (Å²) in [5.41, 5.74) is 7.55. The first-order valence-corrected chi connectivity index (χ1v) is 6.64. The number of benzene rings is 1. The van der Waals surface area contributed by atoms with Crippen LogP contribution >= 0.6 is 0 Å². The maximum Gasteiger partial charge on any atom is 0.0496 e. The summed E-state index contributed by atoms with van der Waals surface area (Å²) in [7, 11) is 0. The summed E-state index contributed by atoms with van der Waals surface area (Å²) < 4.78 is 0. The second-order valence-corrected chi connectivity index (χ2v) is 5.62. The summed E-state index contributed by atoms with van der Waals surface area (Å²) in [6.45, 7) is 9.14. The fraction of sp³-hybridized carbons (Fsp3) is 0.600. The average Bonchev–Trinajstić information content (AvgIpc) is 2.60. The maximum atomic E-state index is 6.20. The zero-order valence-corrected chi connectivity index (χ0v) is 11.1. The van der Waals surface area contributed by atoms with E-state index in [2.05, 4.69) is 56.0 Å². The first kappa shape index (κ1) is 12.6. The number of rotatable bonds is 3. The van der Waals surface area contributed by atoms with E-state index in [-0.39, 0.29) is 6.04 Å². The number of nitrogens with zero attached hydrogens (tertiary/aromatic N) is 1. The highest BCUT2D eigenvalue weighted by Crippen LogP contribution is 2.32. The van der Waals surface area contributed by atoms with Crippen LogP contribution in [0.3, 0.4) is 0 Å². The predicted octanol–water partition coefficient (Wildman–Crippen LogP) is 2.66. The van der Waals surface area contributed by atoms with Gasteiger partial charge in [-0.1, -0.05) is 44.2 Å². The van der Waals surface area contributed by atoms with Crippen molar-refractivity contribution in [3.8, 4) is 0 Å². The van der Waals surface area contributed by atoms with E-state index in [1.165, 1.54) is 18.7 Å². The first-order chi connectivity index (χ1) is 8.09. The smallest absolute Gasteiger partial charge is 0.0496 e. The fourth-order valence-corrected chi connectivity index (χ4v) is 2.90. The van der Waals surface area contributed by atoms with Crippen molar-refractivity contribution >= 4 is 0 Å². The van der Waals surface area contributed by atoms with Gasteiger partial charge in [-0.05, 0) is 24.3 Å². The number of likely N-dealkylation sites (tertiary alicyclic amines) is 1. The molecule has 0 aliphatic carbocycles. The van der Waals surface area contributed by atoms with Crippen LogP contribution in [0, 0.1) is 11.8 Å².